The van der Waals surface area contributed by atoms with Crippen molar-refractivity contribution < 1.29 is 9.53 Å². The van der Waals surface area contributed by atoms with E-state index in [-0.39, 0.29) is 11.9 Å². The van der Waals surface area contributed by atoms with Crippen LogP contribution in [0.15, 0.2) is 30.3 Å². The number of rotatable bonds is 8. The van der Waals surface area contributed by atoms with Gasteiger partial charge in [0.15, 0.2) is 0 Å². The van der Waals surface area contributed by atoms with Gasteiger partial charge in [-0.25, -0.2) is 0 Å². The third kappa shape index (κ3) is 5.05. The van der Waals surface area contributed by atoms with Crippen molar-refractivity contribution in [3.05, 3.63) is 35.9 Å². The number of carbonyl (C=O) groups excluding carboxylic acids is 1. The maximum absolute atomic E-state index is 12.2. The predicted molar refractivity (Wildman–Crippen MR) is 95.9 cm³/mol. The van der Waals surface area contributed by atoms with E-state index in [1.165, 1.54) is 31.2 Å². The molecule has 0 radical (unpaired) electrons. The lowest BCUT2D eigenvalue weighted by atomic mass is 9.85. The van der Waals surface area contributed by atoms with Crippen LogP contribution in [0.1, 0.15) is 44.1 Å². The van der Waals surface area contributed by atoms with E-state index in [1.54, 1.807) is 0 Å². The molecule has 1 aromatic carbocycles. The van der Waals surface area contributed by atoms with Gasteiger partial charge in [0.05, 0.1) is 12.6 Å². The van der Waals surface area contributed by atoms with Crippen molar-refractivity contribution >= 4 is 5.91 Å². The largest absolute Gasteiger partial charge is 0.381 e. The van der Waals surface area contributed by atoms with E-state index in [1.807, 2.05) is 6.07 Å². The van der Waals surface area contributed by atoms with Crippen LogP contribution < -0.4 is 10.6 Å². The summed E-state index contributed by atoms with van der Waals surface area (Å²) in [7, 11) is 0. The fourth-order valence-corrected chi connectivity index (χ4v) is 3.97. The molecule has 1 aliphatic carbocycles. The van der Waals surface area contributed by atoms with E-state index in [0.717, 1.165) is 31.8 Å². The summed E-state index contributed by atoms with van der Waals surface area (Å²) in [6, 6.07) is 11.0. The molecule has 2 N–H and O–H groups in total. The van der Waals surface area contributed by atoms with Gasteiger partial charge in [-0.3, -0.25) is 4.79 Å². The Balaban J connectivity index is 1.22. The molecule has 0 aromatic heterocycles. The lowest BCUT2D eigenvalue weighted by molar-refractivity contribution is -0.122. The molecule has 3 unspecified atom stereocenters. The first-order valence-corrected chi connectivity index (χ1v) is 9.48. The zero-order valence-electron chi connectivity index (χ0n) is 14.5. The number of hydrogen-bond acceptors (Lipinski definition) is 3. The van der Waals surface area contributed by atoms with Crippen LogP contribution in [-0.4, -0.2) is 37.7 Å². The monoisotopic (exact) mass is 330 g/mol. The Bertz CT molecular complexity index is 492. The Labute approximate surface area is 145 Å². The molecule has 2 aliphatic rings. The van der Waals surface area contributed by atoms with E-state index in [4.69, 9.17) is 4.74 Å². The van der Waals surface area contributed by atoms with Gasteiger partial charge >= 0.3 is 0 Å². The zero-order valence-corrected chi connectivity index (χ0v) is 14.5. The average Bonchev–Trinajstić information content (AvgIpc) is 3.06. The third-order valence-electron chi connectivity index (χ3n) is 5.32. The molecule has 132 valence electrons. The second kappa shape index (κ2) is 9.19. The van der Waals surface area contributed by atoms with Crippen LogP contribution >= 0.6 is 0 Å². The number of benzene rings is 1. The molecule has 1 amide bonds. The van der Waals surface area contributed by atoms with Crippen LogP contribution in [0.2, 0.25) is 0 Å². The predicted octanol–water partition coefficient (Wildman–Crippen LogP) is 2.67. The van der Waals surface area contributed by atoms with Gasteiger partial charge in [0.2, 0.25) is 5.91 Å². The van der Waals surface area contributed by atoms with Gasteiger partial charge in [0.25, 0.3) is 0 Å². The normalized spacial score (nSPS) is 26.1. The summed E-state index contributed by atoms with van der Waals surface area (Å²) in [4.78, 5) is 12.2. The minimum atomic E-state index is 0.0251. The maximum atomic E-state index is 12.2. The number of nitrogens with one attached hydrogen (secondary N) is 2. The summed E-state index contributed by atoms with van der Waals surface area (Å²) in [6.45, 7) is 2.15. The Morgan fingerprint density at radius 3 is 2.83 bits per heavy atom. The van der Waals surface area contributed by atoms with Crippen molar-refractivity contribution in [3.63, 3.8) is 0 Å². The molecule has 1 heterocycles. The van der Waals surface area contributed by atoms with Crippen LogP contribution in [0, 0.1) is 5.92 Å². The summed E-state index contributed by atoms with van der Waals surface area (Å²) in [5.41, 5.74) is 1.31. The van der Waals surface area contributed by atoms with E-state index >= 15 is 0 Å². The highest BCUT2D eigenvalue weighted by Gasteiger charge is 2.37. The van der Waals surface area contributed by atoms with Gasteiger partial charge in [-0.15, -0.1) is 0 Å². The first kappa shape index (κ1) is 17.4. The minimum absolute atomic E-state index is 0.0251. The number of carbonyl (C=O) groups is 1. The van der Waals surface area contributed by atoms with Crippen molar-refractivity contribution in [3.8, 4) is 0 Å². The van der Waals surface area contributed by atoms with Crippen molar-refractivity contribution in [2.24, 2.45) is 5.92 Å². The van der Waals surface area contributed by atoms with Crippen molar-refractivity contribution in [1.82, 2.24) is 10.6 Å². The van der Waals surface area contributed by atoms with Gasteiger partial charge in [-0.2, -0.15) is 0 Å². The third-order valence-corrected chi connectivity index (χ3v) is 5.32. The summed E-state index contributed by atoms with van der Waals surface area (Å²) in [5.74, 6) is 0.893. The minimum Gasteiger partial charge on any atom is -0.381 e. The van der Waals surface area contributed by atoms with E-state index in [9.17, 15) is 4.79 Å². The lowest BCUT2D eigenvalue weighted by Crippen LogP contribution is -2.43. The zero-order chi connectivity index (χ0) is 16.6. The Kier molecular flexibility index (Phi) is 6.67. The molecule has 0 spiro atoms. The molecule has 4 nitrogen and oxygen atoms in total. The lowest BCUT2D eigenvalue weighted by Gasteiger charge is -2.24. The van der Waals surface area contributed by atoms with Crippen LogP contribution in [0.4, 0.5) is 0 Å². The van der Waals surface area contributed by atoms with Crippen LogP contribution in [0.3, 0.4) is 0 Å². The maximum Gasteiger partial charge on any atom is 0.237 e. The molecular weight excluding hydrogens is 300 g/mol. The summed E-state index contributed by atoms with van der Waals surface area (Å²) in [5, 5.41) is 6.59. The number of hydrogen-bond donors (Lipinski definition) is 2. The quantitative estimate of drug-likeness (QED) is 0.721. The van der Waals surface area contributed by atoms with Crippen LogP contribution in [-0.2, 0) is 16.0 Å². The van der Waals surface area contributed by atoms with Gasteiger partial charge < -0.3 is 15.4 Å². The second-order valence-electron chi connectivity index (χ2n) is 7.10. The summed E-state index contributed by atoms with van der Waals surface area (Å²) >= 11 is 0. The smallest absolute Gasteiger partial charge is 0.237 e. The van der Waals surface area contributed by atoms with Crippen molar-refractivity contribution in [1.29, 1.82) is 0 Å². The average molecular weight is 330 g/mol. The molecule has 3 rings (SSSR count). The van der Waals surface area contributed by atoms with Gasteiger partial charge in [0.1, 0.15) is 0 Å². The number of amides is 1. The first-order valence-electron chi connectivity index (χ1n) is 9.48. The van der Waals surface area contributed by atoms with Gasteiger partial charge in [-0.05, 0) is 43.6 Å². The Hall–Kier alpha value is -1.39. The van der Waals surface area contributed by atoms with Gasteiger partial charge in [-0.1, -0.05) is 43.2 Å². The molecule has 1 aromatic rings. The standard InChI is InChI=1S/C20H30N2O2/c23-20(19-15-17-9-4-5-10-18(17)22-19)21-12-6-13-24-14-11-16-7-2-1-3-8-16/h1-3,7-8,17-19,22H,4-6,9-15H2,(H,21,23). The van der Waals surface area contributed by atoms with E-state index in [0.29, 0.717) is 19.2 Å². The molecule has 1 saturated heterocycles. The molecule has 1 saturated carbocycles. The number of fused-ring (bicyclic) bond motifs is 1. The molecule has 24 heavy (non-hydrogen) atoms. The molecule has 3 atom stereocenters. The highest BCUT2D eigenvalue weighted by Crippen LogP contribution is 2.33. The van der Waals surface area contributed by atoms with Crippen LogP contribution in [0.25, 0.3) is 0 Å². The summed E-state index contributed by atoms with van der Waals surface area (Å²) < 4.78 is 5.66. The number of ether oxygens (including phenoxy) is 1. The Morgan fingerprint density at radius 2 is 2.00 bits per heavy atom. The molecule has 4 heteroatoms. The Morgan fingerprint density at radius 1 is 1.17 bits per heavy atom. The fourth-order valence-electron chi connectivity index (χ4n) is 3.97. The molecule has 0 bridgehead atoms. The van der Waals surface area contributed by atoms with E-state index in [2.05, 4.69) is 34.9 Å². The fraction of sp³-hybridized carbons (Fsp3) is 0.650. The second-order valence-corrected chi connectivity index (χ2v) is 7.10. The first-order chi connectivity index (χ1) is 11.8. The summed E-state index contributed by atoms with van der Waals surface area (Å²) in [6.07, 6.45) is 8.01. The van der Waals surface area contributed by atoms with Crippen LogP contribution in [0.5, 0.6) is 0 Å². The highest BCUT2D eigenvalue weighted by atomic mass is 16.5. The highest BCUT2D eigenvalue weighted by molar-refractivity contribution is 5.82. The van der Waals surface area contributed by atoms with E-state index < -0.39 is 0 Å². The SMILES string of the molecule is O=C(NCCCOCCc1ccccc1)C1CC2CCCCC2N1. The topological polar surface area (TPSA) is 50.4 Å². The molecule has 2 fully saturated rings. The molecule has 1 aliphatic heterocycles. The van der Waals surface area contributed by atoms with Crippen molar-refractivity contribution in [2.75, 3.05) is 19.8 Å². The molecular formula is C20H30N2O2. The van der Waals surface area contributed by atoms with Gasteiger partial charge in [0, 0.05) is 19.2 Å². The van der Waals surface area contributed by atoms with Crippen molar-refractivity contribution in [2.45, 2.75) is 57.0 Å².